The second kappa shape index (κ2) is 5.43. The summed E-state index contributed by atoms with van der Waals surface area (Å²) < 4.78 is 10.4. The maximum Gasteiger partial charge on any atom is 0.254 e. The van der Waals surface area contributed by atoms with Gasteiger partial charge in [-0.05, 0) is 12.1 Å². The Morgan fingerprint density at radius 2 is 1.70 bits per heavy atom. The minimum Gasteiger partial charge on any atom is -0.497 e. The number of primary amides is 1. The third-order valence-corrected chi connectivity index (χ3v) is 2.75. The Morgan fingerprint density at radius 1 is 1.10 bits per heavy atom. The third kappa shape index (κ3) is 2.46. The fourth-order valence-corrected chi connectivity index (χ4v) is 1.81. The van der Waals surface area contributed by atoms with Crippen molar-refractivity contribution in [1.29, 1.82) is 0 Å². The van der Waals surface area contributed by atoms with Gasteiger partial charge in [0.25, 0.3) is 5.91 Å². The zero-order valence-electron chi connectivity index (χ0n) is 11.1. The lowest BCUT2D eigenvalue weighted by atomic mass is 10.1. The van der Waals surface area contributed by atoms with Crippen LogP contribution < -0.4 is 20.9 Å². The highest BCUT2D eigenvalue weighted by Gasteiger charge is 2.17. The quantitative estimate of drug-likeness (QED) is 0.854. The molecule has 4 N–H and O–H groups in total. The van der Waals surface area contributed by atoms with E-state index in [1.165, 1.54) is 20.5 Å². The van der Waals surface area contributed by atoms with Gasteiger partial charge in [-0.15, -0.1) is 0 Å². The van der Waals surface area contributed by atoms with E-state index in [9.17, 15) is 4.79 Å². The molecule has 0 atom stereocenters. The summed E-state index contributed by atoms with van der Waals surface area (Å²) in [5.74, 6) is 0.461. The molecule has 2 aromatic rings. The Labute approximate surface area is 115 Å². The van der Waals surface area contributed by atoms with E-state index in [1.54, 1.807) is 18.2 Å². The molecule has 1 aromatic carbocycles. The summed E-state index contributed by atoms with van der Waals surface area (Å²) in [4.78, 5) is 19.4. The SMILES string of the molecule is COc1cc(OC)cc(-c2ncnc(N)c2C(N)=O)c1. The van der Waals surface area contributed by atoms with Gasteiger partial charge in [-0.1, -0.05) is 0 Å². The number of nitrogen functional groups attached to an aromatic ring is 1. The number of amides is 1. The number of nitrogens with zero attached hydrogens (tertiary/aromatic N) is 2. The number of hydrogen-bond acceptors (Lipinski definition) is 6. The Balaban J connectivity index is 2.68. The summed E-state index contributed by atoms with van der Waals surface area (Å²) in [6.45, 7) is 0. The van der Waals surface area contributed by atoms with Gasteiger partial charge in [0.1, 0.15) is 29.2 Å². The fraction of sp³-hybridized carbons (Fsp3) is 0.154. The summed E-state index contributed by atoms with van der Waals surface area (Å²) >= 11 is 0. The van der Waals surface area contributed by atoms with Crippen LogP contribution in [0.3, 0.4) is 0 Å². The average molecular weight is 274 g/mol. The van der Waals surface area contributed by atoms with Crippen LogP contribution in [0.5, 0.6) is 11.5 Å². The van der Waals surface area contributed by atoms with Gasteiger partial charge in [-0.2, -0.15) is 0 Å². The molecule has 0 spiro atoms. The Bertz CT molecular complexity index is 636. The number of methoxy groups -OCH3 is 2. The predicted molar refractivity (Wildman–Crippen MR) is 73.5 cm³/mol. The van der Waals surface area contributed by atoms with Crippen LogP contribution in [-0.2, 0) is 0 Å². The summed E-state index contributed by atoms with van der Waals surface area (Å²) in [5, 5.41) is 0. The van der Waals surface area contributed by atoms with E-state index < -0.39 is 5.91 Å². The standard InChI is InChI=1S/C13H14N4O3/c1-19-8-3-7(4-9(5-8)20-2)11-10(13(15)18)12(14)17-6-16-11/h3-6H,1-2H3,(H2,15,18)(H2,14,16,17). The van der Waals surface area contributed by atoms with Gasteiger partial charge in [0.05, 0.1) is 19.9 Å². The lowest BCUT2D eigenvalue weighted by Gasteiger charge is -2.11. The number of anilines is 1. The van der Waals surface area contributed by atoms with Gasteiger partial charge in [0.2, 0.25) is 0 Å². The molecule has 20 heavy (non-hydrogen) atoms. The zero-order valence-corrected chi connectivity index (χ0v) is 11.1. The van der Waals surface area contributed by atoms with Gasteiger partial charge in [0, 0.05) is 11.6 Å². The molecule has 1 amide bonds. The Hall–Kier alpha value is -2.83. The van der Waals surface area contributed by atoms with Crippen LogP contribution in [0.25, 0.3) is 11.3 Å². The van der Waals surface area contributed by atoms with Crippen molar-refractivity contribution in [3.8, 4) is 22.8 Å². The van der Waals surface area contributed by atoms with Crippen LogP contribution in [0, 0.1) is 0 Å². The van der Waals surface area contributed by atoms with E-state index in [2.05, 4.69) is 9.97 Å². The van der Waals surface area contributed by atoms with Crippen molar-refractivity contribution in [2.24, 2.45) is 5.73 Å². The summed E-state index contributed by atoms with van der Waals surface area (Å²) in [6.07, 6.45) is 1.27. The van der Waals surface area contributed by atoms with E-state index in [1.807, 2.05) is 0 Å². The van der Waals surface area contributed by atoms with Crippen molar-refractivity contribution in [2.75, 3.05) is 20.0 Å². The lowest BCUT2D eigenvalue weighted by Crippen LogP contribution is -2.16. The van der Waals surface area contributed by atoms with Crippen molar-refractivity contribution in [3.05, 3.63) is 30.1 Å². The number of hydrogen-bond donors (Lipinski definition) is 2. The van der Waals surface area contributed by atoms with E-state index in [0.29, 0.717) is 22.8 Å². The van der Waals surface area contributed by atoms with Crippen LogP contribution in [0.4, 0.5) is 5.82 Å². The maximum atomic E-state index is 11.5. The summed E-state index contributed by atoms with van der Waals surface area (Å²) in [7, 11) is 3.06. The minimum absolute atomic E-state index is 0.0317. The van der Waals surface area contributed by atoms with Crippen molar-refractivity contribution in [1.82, 2.24) is 9.97 Å². The van der Waals surface area contributed by atoms with Crippen molar-refractivity contribution in [2.45, 2.75) is 0 Å². The highest BCUT2D eigenvalue weighted by molar-refractivity contribution is 6.02. The van der Waals surface area contributed by atoms with Crippen molar-refractivity contribution in [3.63, 3.8) is 0 Å². The van der Waals surface area contributed by atoms with Crippen LogP contribution in [-0.4, -0.2) is 30.1 Å². The molecule has 0 bridgehead atoms. The molecular formula is C13H14N4O3. The number of carbonyl (C=O) groups excluding carboxylic acids is 1. The normalized spacial score (nSPS) is 10.1. The molecule has 104 valence electrons. The largest absolute Gasteiger partial charge is 0.497 e. The molecule has 0 unspecified atom stereocenters. The second-order valence-electron chi connectivity index (χ2n) is 3.95. The van der Waals surface area contributed by atoms with Gasteiger partial charge in [-0.3, -0.25) is 4.79 Å². The topological polar surface area (TPSA) is 113 Å². The van der Waals surface area contributed by atoms with E-state index in [4.69, 9.17) is 20.9 Å². The average Bonchev–Trinajstić information content (AvgIpc) is 2.45. The minimum atomic E-state index is -0.695. The Morgan fingerprint density at radius 3 is 2.20 bits per heavy atom. The highest BCUT2D eigenvalue weighted by atomic mass is 16.5. The second-order valence-corrected chi connectivity index (χ2v) is 3.95. The first-order chi connectivity index (χ1) is 9.56. The molecule has 0 saturated heterocycles. The Kier molecular flexibility index (Phi) is 3.69. The number of rotatable bonds is 4. The van der Waals surface area contributed by atoms with Crippen LogP contribution >= 0.6 is 0 Å². The highest BCUT2D eigenvalue weighted by Crippen LogP contribution is 2.31. The molecule has 0 fully saturated rings. The van der Waals surface area contributed by atoms with E-state index in [0.717, 1.165) is 0 Å². The predicted octanol–water partition coefficient (Wildman–Crippen LogP) is 0.842. The van der Waals surface area contributed by atoms with Gasteiger partial charge in [0.15, 0.2) is 0 Å². The third-order valence-electron chi connectivity index (χ3n) is 2.75. The molecule has 2 rings (SSSR count). The zero-order chi connectivity index (χ0) is 14.7. The number of aromatic nitrogens is 2. The first kappa shape index (κ1) is 13.6. The number of ether oxygens (including phenoxy) is 2. The molecule has 0 saturated carbocycles. The maximum absolute atomic E-state index is 11.5. The molecule has 0 aliphatic rings. The van der Waals surface area contributed by atoms with Crippen molar-refractivity contribution < 1.29 is 14.3 Å². The smallest absolute Gasteiger partial charge is 0.254 e. The van der Waals surface area contributed by atoms with Gasteiger partial charge in [-0.25, -0.2) is 9.97 Å². The number of carbonyl (C=O) groups is 1. The molecular weight excluding hydrogens is 260 g/mol. The van der Waals surface area contributed by atoms with Crippen molar-refractivity contribution >= 4 is 11.7 Å². The summed E-state index contributed by atoms with van der Waals surface area (Å²) in [6, 6.07) is 5.12. The molecule has 7 heteroatoms. The molecule has 1 aromatic heterocycles. The van der Waals surface area contributed by atoms with E-state index in [-0.39, 0.29) is 11.4 Å². The van der Waals surface area contributed by atoms with Crippen LogP contribution in [0.2, 0.25) is 0 Å². The first-order valence-corrected chi connectivity index (χ1v) is 5.70. The fourth-order valence-electron chi connectivity index (χ4n) is 1.81. The van der Waals surface area contributed by atoms with Crippen LogP contribution in [0.1, 0.15) is 10.4 Å². The summed E-state index contributed by atoms with van der Waals surface area (Å²) in [5.41, 5.74) is 12.0. The van der Waals surface area contributed by atoms with E-state index >= 15 is 0 Å². The molecule has 0 aliphatic carbocycles. The molecule has 7 nitrogen and oxygen atoms in total. The monoisotopic (exact) mass is 274 g/mol. The molecule has 0 aliphatic heterocycles. The molecule has 0 radical (unpaired) electrons. The number of benzene rings is 1. The van der Waals surface area contributed by atoms with Gasteiger partial charge < -0.3 is 20.9 Å². The lowest BCUT2D eigenvalue weighted by molar-refractivity contribution is 0.100. The van der Waals surface area contributed by atoms with Crippen LogP contribution in [0.15, 0.2) is 24.5 Å². The molecule has 1 heterocycles. The first-order valence-electron chi connectivity index (χ1n) is 5.70. The van der Waals surface area contributed by atoms with Gasteiger partial charge >= 0.3 is 0 Å². The number of nitrogens with two attached hydrogens (primary N) is 2.